The van der Waals surface area contributed by atoms with E-state index < -0.39 is 0 Å². The Kier molecular flexibility index (Phi) is 4.76. The van der Waals surface area contributed by atoms with Gasteiger partial charge in [0.2, 0.25) is 5.91 Å². The highest BCUT2D eigenvalue weighted by Gasteiger charge is 2.29. The van der Waals surface area contributed by atoms with E-state index in [1.54, 1.807) is 11.9 Å². The third-order valence-corrected chi connectivity index (χ3v) is 4.43. The summed E-state index contributed by atoms with van der Waals surface area (Å²) < 4.78 is 4.92. The third kappa shape index (κ3) is 3.10. The molecule has 1 atom stereocenters. The molecule has 0 radical (unpaired) electrons. The van der Waals surface area contributed by atoms with Crippen molar-refractivity contribution in [1.29, 1.82) is 0 Å². The number of fused-ring (bicyclic) bond motifs is 1. The summed E-state index contributed by atoms with van der Waals surface area (Å²) in [5.41, 5.74) is 2.29. The van der Waals surface area contributed by atoms with Gasteiger partial charge in [-0.15, -0.1) is 0 Å². The molecule has 1 aliphatic heterocycles. The van der Waals surface area contributed by atoms with Gasteiger partial charge < -0.3 is 15.0 Å². The van der Waals surface area contributed by atoms with E-state index >= 15 is 0 Å². The Morgan fingerprint density at radius 2 is 2.17 bits per heavy atom. The number of carbonyl (C=O) groups excluding carboxylic acids is 2. The SMILES string of the molecule is CNC(=O)c1cc(C2CCN(C(=O)COC)C2)nc2ccccc12. The molecule has 1 saturated heterocycles. The Balaban J connectivity index is 1.93. The maximum absolute atomic E-state index is 12.2. The van der Waals surface area contributed by atoms with E-state index in [1.165, 1.54) is 7.11 Å². The summed E-state index contributed by atoms with van der Waals surface area (Å²) in [7, 11) is 3.14. The smallest absolute Gasteiger partial charge is 0.251 e. The van der Waals surface area contributed by atoms with Gasteiger partial charge in [0.15, 0.2) is 0 Å². The molecule has 1 N–H and O–H groups in total. The second-order valence-electron chi connectivity index (χ2n) is 5.95. The minimum Gasteiger partial charge on any atom is -0.375 e. The van der Waals surface area contributed by atoms with Crippen molar-refractivity contribution >= 4 is 22.7 Å². The molecular weight excluding hydrogens is 306 g/mol. The van der Waals surface area contributed by atoms with Crippen LogP contribution in [0.5, 0.6) is 0 Å². The Labute approximate surface area is 140 Å². The van der Waals surface area contributed by atoms with Crippen LogP contribution in [-0.4, -0.2) is 55.6 Å². The number of para-hydroxylation sites is 1. The normalized spacial score (nSPS) is 17.2. The van der Waals surface area contributed by atoms with Gasteiger partial charge in [0.05, 0.1) is 11.1 Å². The van der Waals surface area contributed by atoms with Gasteiger partial charge in [-0.05, 0) is 18.6 Å². The number of aromatic nitrogens is 1. The average Bonchev–Trinajstić information content (AvgIpc) is 3.10. The second kappa shape index (κ2) is 6.97. The molecule has 24 heavy (non-hydrogen) atoms. The average molecular weight is 327 g/mol. The van der Waals surface area contributed by atoms with Crippen molar-refractivity contribution in [2.24, 2.45) is 0 Å². The molecule has 0 bridgehead atoms. The standard InChI is InChI=1S/C18H21N3O3/c1-19-18(23)14-9-16(20-15-6-4-3-5-13(14)15)12-7-8-21(10-12)17(22)11-24-2/h3-6,9,12H,7-8,10-11H2,1-2H3,(H,19,23). The fourth-order valence-corrected chi connectivity index (χ4v) is 3.17. The van der Waals surface area contributed by atoms with Crippen molar-refractivity contribution in [3.05, 3.63) is 41.6 Å². The lowest BCUT2D eigenvalue weighted by molar-refractivity contribution is -0.134. The van der Waals surface area contributed by atoms with E-state index in [0.29, 0.717) is 18.7 Å². The van der Waals surface area contributed by atoms with Crippen molar-refractivity contribution in [3.63, 3.8) is 0 Å². The number of nitrogens with zero attached hydrogens (tertiary/aromatic N) is 2. The van der Waals surface area contributed by atoms with Gasteiger partial charge in [0.1, 0.15) is 6.61 Å². The highest BCUT2D eigenvalue weighted by Crippen LogP contribution is 2.29. The second-order valence-corrected chi connectivity index (χ2v) is 5.95. The number of hydrogen-bond acceptors (Lipinski definition) is 4. The van der Waals surface area contributed by atoms with Crippen LogP contribution in [0.25, 0.3) is 10.9 Å². The van der Waals surface area contributed by atoms with Gasteiger partial charge in [0.25, 0.3) is 5.91 Å². The monoisotopic (exact) mass is 327 g/mol. The van der Waals surface area contributed by atoms with Crippen LogP contribution in [0.2, 0.25) is 0 Å². The molecule has 0 aliphatic carbocycles. The Hall–Kier alpha value is -2.47. The summed E-state index contributed by atoms with van der Waals surface area (Å²) in [5.74, 6) is 0.00583. The van der Waals surface area contributed by atoms with Crippen molar-refractivity contribution in [2.75, 3.05) is 33.9 Å². The summed E-state index contributed by atoms with van der Waals surface area (Å²) >= 11 is 0. The van der Waals surface area contributed by atoms with Gasteiger partial charge in [-0.3, -0.25) is 14.6 Å². The summed E-state index contributed by atoms with van der Waals surface area (Å²) in [6.07, 6.45) is 0.841. The molecule has 2 heterocycles. The summed E-state index contributed by atoms with van der Waals surface area (Å²) in [6, 6.07) is 9.48. The lowest BCUT2D eigenvalue weighted by Crippen LogP contribution is -2.31. The predicted octanol–water partition coefficient (Wildman–Crippen LogP) is 1.56. The highest BCUT2D eigenvalue weighted by atomic mass is 16.5. The number of pyridine rings is 1. The number of carbonyl (C=O) groups is 2. The zero-order valence-electron chi connectivity index (χ0n) is 13.9. The fourth-order valence-electron chi connectivity index (χ4n) is 3.17. The van der Waals surface area contributed by atoms with Crippen LogP contribution >= 0.6 is 0 Å². The first-order valence-corrected chi connectivity index (χ1v) is 8.02. The Morgan fingerprint density at radius 3 is 2.92 bits per heavy atom. The molecule has 0 saturated carbocycles. The lowest BCUT2D eigenvalue weighted by Gasteiger charge is -2.16. The molecule has 6 nitrogen and oxygen atoms in total. The van der Waals surface area contributed by atoms with E-state index in [4.69, 9.17) is 9.72 Å². The van der Waals surface area contributed by atoms with Crippen LogP contribution < -0.4 is 5.32 Å². The number of benzene rings is 1. The number of hydrogen-bond donors (Lipinski definition) is 1. The molecule has 2 aromatic rings. The van der Waals surface area contributed by atoms with Crippen molar-refractivity contribution < 1.29 is 14.3 Å². The first-order valence-electron chi connectivity index (χ1n) is 8.02. The number of likely N-dealkylation sites (tertiary alicyclic amines) is 1. The molecule has 126 valence electrons. The Bertz CT molecular complexity index is 775. The minimum atomic E-state index is -0.125. The summed E-state index contributed by atoms with van der Waals surface area (Å²) in [6.45, 7) is 1.40. The first-order chi connectivity index (χ1) is 11.6. The molecule has 3 rings (SSSR count). The molecule has 0 spiro atoms. The summed E-state index contributed by atoms with van der Waals surface area (Å²) in [5, 5.41) is 3.53. The van der Waals surface area contributed by atoms with Crippen molar-refractivity contribution in [3.8, 4) is 0 Å². The van der Waals surface area contributed by atoms with Crippen LogP contribution in [0.3, 0.4) is 0 Å². The molecule has 1 fully saturated rings. The molecule has 1 aromatic carbocycles. The van der Waals surface area contributed by atoms with E-state index in [-0.39, 0.29) is 24.3 Å². The van der Waals surface area contributed by atoms with Crippen LogP contribution in [0.15, 0.2) is 30.3 Å². The zero-order valence-corrected chi connectivity index (χ0v) is 13.9. The van der Waals surface area contributed by atoms with Gasteiger partial charge in [-0.2, -0.15) is 0 Å². The number of amides is 2. The molecular formula is C18H21N3O3. The lowest BCUT2D eigenvalue weighted by atomic mass is 9.99. The molecule has 1 unspecified atom stereocenters. The number of ether oxygens (including phenoxy) is 1. The van der Waals surface area contributed by atoms with E-state index in [0.717, 1.165) is 23.0 Å². The van der Waals surface area contributed by atoms with Crippen LogP contribution in [-0.2, 0) is 9.53 Å². The maximum Gasteiger partial charge on any atom is 0.251 e. The molecule has 1 aliphatic rings. The maximum atomic E-state index is 12.2. The molecule has 1 aromatic heterocycles. The molecule has 2 amide bonds. The topological polar surface area (TPSA) is 71.5 Å². The van der Waals surface area contributed by atoms with Gasteiger partial charge in [-0.25, -0.2) is 0 Å². The van der Waals surface area contributed by atoms with Gasteiger partial charge in [-0.1, -0.05) is 18.2 Å². The highest BCUT2D eigenvalue weighted by molar-refractivity contribution is 6.06. The van der Waals surface area contributed by atoms with E-state index in [2.05, 4.69) is 5.32 Å². The van der Waals surface area contributed by atoms with Crippen LogP contribution in [0.1, 0.15) is 28.4 Å². The quantitative estimate of drug-likeness (QED) is 0.925. The molecule has 6 heteroatoms. The van der Waals surface area contributed by atoms with E-state index in [1.807, 2.05) is 30.3 Å². The summed E-state index contributed by atoms with van der Waals surface area (Å²) in [4.78, 5) is 30.7. The number of methoxy groups -OCH3 is 1. The van der Waals surface area contributed by atoms with Gasteiger partial charge in [0, 0.05) is 44.2 Å². The fraction of sp³-hybridized carbons (Fsp3) is 0.389. The minimum absolute atomic E-state index is 0.00712. The van der Waals surface area contributed by atoms with Crippen molar-refractivity contribution in [1.82, 2.24) is 15.2 Å². The van der Waals surface area contributed by atoms with Crippen LogP contribution in [0.4, 0.5) is 0 Å². The van der Waals surface area contributed by atoms with Gasteiger partial charge >= 0.3 is 0 Å². The number of nitrogens with one attached hydrogen (secondary N) is 1. The predicted molar refractivity (Wildman–Crippen MR) is 90.9 cm³/mol. The van der Waals surface area contributed by atoms with E-state index in [9.17, 15) is 9.59 Å². The third-order valence-electron chi connectivity index (χ3n) is 4.43. The Morgan fingerprint density at radius 1 is 1.38 bits per heavy atom. The van der Waals surface area contributed by atoms with Crippen molar-refractivity contribution in [2.45, 2.75) is 12.3 Å². The largest absolute Gasteiger partial charge is 0.375 e. The van der Waals surface area contributed by atoms with Crippen LogP contribution in [0, 0.1) is 0 Å². The first kappa shape index (κ1) is 16.4. The number of rotatable bonds is 4. The zero-order chi connectivity index (χ0) is 17.1.